The lowest BCUT2D eigenvalue weighted by molar-refractivity contribution is -0.161. The van der Waals surface area contributed by atoms with E-state index in [1.807, 2.05) is 6.92 Å². The molecule has 0 amide bonds. The van der Waals surface area contributed by atoms with Crippen LogP contribution in [0.4, 0.5) is 0 Å². The highest BCUT2D eigenvalue weighted by atomic mass is 16.5. The Bertz CT molecular complexity index is 323. The molecule has 0 aromatic rings. The topological polar surface area (TPSA) is 46.5 Å². The number of hydrogen-bond acceptors (Lipinski definition) is 2. The van der Waals surface area contributed by atoms with Crippen molar-refractivity contribution < 1.29 is 14.6 Å². The molecule has 2 saturated carbocycles. The zero-order valence-electron chi connectivity index (χ0n) is 11.3. The molecule has 0 saturated heterocycles. The van der Waals surface area contributed by atoms with Crippen molar-refractivity contribution in [1.29, 1.82) is 0 Å². The lowest BCUT2D eigenvalue weighted by Crippen LogP contribution is -2.40. The van der Waals surface area contributed by atoms with E-state index in [0.717, 1.165) is 6.42 Å². The maximum Gasteiger partial charge on any atom is 0.332 e. The zero-order chi connectivity index (χ0) is 12.8. The van der Waals surface area contributed by atoms with E-state index in [2.05, 4.69) is 20.8 Å². The average Bonchev–Trinajstić information content (AvgIpc) is 2.57. The third-order valence-corrected chi connectivity index (χ3v) is 5.69. The van der Waals surface area contributed by atoms with Crippen LogP contribution in [0.5, 0.6) is 0 Å². The van der Waals surface area contributed by atoms with Crippen molar-refractivity contribution >= 4 is 5.97 Å². The minimum Gasteiger partial charge on any atom is -0.479 e. The molecule has 2 aliphatic carbocycles. The highest BCUT2D eigenvalue weighted by Gasteiger charge is 2.62. The first-order valence-corrected chi connectivity index (χ1v) is 6.71. The lowest BCUT2D eigenvalue weighted by atomic mass is 9.70. The summed E-state index contributed by atoms with van der Waals surface area (Å²) < 4.78 is 5.90. The third kappa shape index (κ3) is 1.70. The van der Waals surface area contributed by atoms with Gasteiger partial charge in [0.25, 0.3) is 0 Å². The molecule has 0 radical (unpaired) electrons. The number of carbonyl (C=O) groups is 1. The Kier molecular flexibility index (Phi) is 3.01. The Morgan fingerprint density at radius 2 is 2.12 bits per heavy atom. The Labute approximate surface area is 104 Å². The zero-order valence-corrected chi connectivity index (χ0v) is 11.3. The Balaban J connectivity index is 2.13. The molecule has 2 fully saturated rings. The fourth-order valence-electron chi connectivity index (χ4n) is 3.86. The number of ether oxygens (including phenoxy) is 1. The van der Waals surface area contributed by atoms with Crippen LogP contribution in [0.2, 0.25) is 0 Å². The van der Waals surface area contributed by atoms with Gasteiger partial charge in [-0.05, 0) is 42.4 Å². The largest absolute Gasteiger partial charge is 0.479 e. The van der Waals surface area contributed by atoms with Gasteiger partial charge < -0.3 is 9.84 Å². The van der Waals surface area contributed by atoms with Crippen LogP contribution in [0.15, 0.2) is 0 Å². The normalized spacial score (nSPS) is 40.5. The van der Waals surface area contributed by atoms with Crippen LogP contribution in [0.1, 0.15) is 53.4 Å². The molecule has 4 unspecified atom stereocenters. The second-order valence-corrected chi connectivity index (χ2v) is 6.47. The molecule has 1 N–H and O–H groups in total. The molecule has 3 nitrogen and oxygen atoms in total. The van der Waals surface area contributed by atoms with Gasteiger partial charge in [0.15, 0.2) is 6.10 Å². The van der Waals surface area contributed by atoms with Crippen molar-refractivity contribution in [2.45, 2.75) is 65.6 Å². The molecule has 0 aromatic heterocycles. The van der Waals surface area contributed by atoms with E-state index in [4.69, 9.17) is 9.84 Å². The minimum absolute atomic E-state index is 0.122. The second kappa shape index (κ2) is 3.98. The Morgan fingerprint density at radius 1 is 1.47 bits per heavy atom. The highest BCUT2D eigenvalue weighted by molar-refractivity contribution is 5.72. The molecule has 4 atom stereocenters. The summed E-state index contributed by atoms with van der Waals surface area (Å²) in [6.07, 6.45) is 3.52. The molecular weight excluding hydrogens is 216 g/mol. The maximum absolute atomic E-state index is 11.1. The van der Waals surface area contributed by atoms with Gasteiger partial charge in [0.2, 0.25) is 0 Å². The number of aliphatic carboxylic acids is 1. The van der Waals surface area contributed by atoms with Gasteiger partial charge in [-0.2, -0.15) is 0 Å². The molecule has 2 bridgehead atoms. The van der Waals surface area contributed by atoms with E-state index < -0.39 is 12.1 Å². The summed E-state index contributed by atoms with van der Waals surface area (Å²) in [5.41, 5.74) is 0.439. The van der Waals surface area contributed by atoms with Gasteiger partial charge in [0, 0.05) is 0 Å². The molecule has 0 heterocycles. The monoisotopic (exact) mass is 240 g/mol. The summed E-state index contributed by atoms with van der Waals surface area (Å²) in [6.45, 7) is 8.78. The molecule has 3 heteroatoms. The van der Waals surface area contributed by atoms with Crippen LogP contribution in [-0.4, -0.2) is 23.3 Å². The van der Waals surface area contributed by atoms with Gasteiger partial charge >= 0.3 is 5.97 Å². The standard InChI is InChI=1S/C14H24O3/c1-5-10(12(15)16)17-11-8-9-6-7-14(11,4)13(9,2)3/h9-11H,5-8H2,1-4H3,(H,15,16). The van der Waals surface area contributed by atoms with Gasteiger partial charge in [-0.25, -0.2) is 4.79 Å². The van der Waals surface area contributed by atoms with E-state index >= 15 is 0 Å². The van der Waals surface area contributed by atoms with Crippen molar-refractivity contribution in [3.8, 4) is 0 Å². The van der Waals surface area contributed by atoms with E-state index in [0.29, 0.717) is 12.3 Å². The third-order valence-electron chi connectivity index (χ3n) is 5.69. The molecule has 2 rings (SSSR count). The van der Waals surface area contributed by atoms with Crippen molar-refractivity contribution in [2.24, 2.45) is 16.7 Å². The van der Waals surface area contributed by atoms with Crippen LogP contribution < -0.4 is 0 Å². The van der Waals surface area contributed by atoms with Crippen LogP contribution >= 0.6 is 0 Å². The highest BCUT2D eigenvalue weighted by Crippen LogP contribution is 2.66. The first-order valence-electron chi connectivity index (χ1n) is 6.71. The van der Waals surface area contributed by atoms with Crippen LogP contribution in [0.25, 0.3) is 0 Å². The summed E-state index contributed by atoms with van der Waals surface area (Å²) in [4.78, 5) is 11.1. The summed E-state index contributed by atoms with van der Waals surface area (Å²) in [6, 6.07) is 0. The van der Waals surface area contributed by atoms with Crippen molar-refractivity contribution in [3.63, 3.8) is 0 Å². The second-order valence-electron chi connectivity index (χ2n) is 6.47. The average molecular weight is 240 g/mol. The number of rotatable bonds is 4. The molecule has 0 aromatic carbocycles. The van der Waals surface area contributed by atoms with Gasteiger partial charge in [-0.15, -0.1) is 0 Å². The molecular formula is C14H24O3. The van der Waals surface area contributed by atoms with Crippen molar-refractivity contribution in [1.82, 2.24) is 0 Å². The molecule has 0 spiro atoms. The SMILES string of the molecule is CCC(OC1CC2CCC1(C)C2(C)C)C(=O)O. The van der Waals surface area contributed by atoms with E-state index in [1.165, 1.54) is 12.8 Å². The smallest absolute Gasteiger partial charge is 0.332 e. The van der Waals surface area contributed by atoms with Crippen molar-refractivity contribution in [2.75, 3.05) is 0 Å². The Hall–Kier alpha value is -0.570. The van der Waals surface area contributed by atoms with E-state index in [1.54, 1.807) is 0 Å². The van der Waals surface area contributed by atoms with Gasteiger partial charge in [0.05, 0.1) is 6.10 Å². The maximum atomic E-state index is 11.1. The molecule has 98 valence electrons. The Morgan fingerprint density at radius 3 is 2.47 bits per heavy atom. The van der Waals surface area contributed by atoms with Crippen LogP contribution in [0.3, 0.4) is 0 Å². The van der Waals surface area contributed by atoms with E-state index in [9.17, 15) is 4.79 Å². The summed E-state index contributed by atoms with van der Waals surface area (Å²) in [5, 5.41) is 9.09. The summed E-state index contributed by atoms with van der Waals surface area (Å²) >= 11 is 0. The van der Waals surface area contributed by atoms with Gasteiger partial charge in [-0.3, -0.25) is 0 Å². The van der Waals surface area contributed by atoms with E-state index in [-0.39, 0.29) is 16.9 Å². The minimum atomic E-state index is -0.823. The molecule has 17 heavy (non-hydrogen) atoms. The summed E-state index contributed by atoms with van der Waals surface area (Å²) in [5.74, 6) is -0.125. The first kappa shape index (κ1) is 12.9. The lowest BCUT2D eigenvalue weighted by Gasteiger charge is -2.39. The number of carboxylic acids is 1. The predicted octanol–water partition coefficient (Wildman–Crippen LogP) is 3.08. The number of carboxylic acid groups (broad SMARTS) is 1. The van der Waals surface area contributed by atoms with Gasteiger partial charge in [-0.1, -0.05) is 27.7 Å². The molecule has 2 aliphatic rings. The van der Waals surface area contributed by atoms with Crippen molar-refractivity contribution in [3.05, 3.63) is 0 Å². The first-order chi connectivity index (χ1) is 7.83. The predicted molar refractivity (Wildman–Crippen MR) is 65.8 cm³/mol. The quantitative estimate of drug-likeness (QED) is 0.821. The number of hydrogen-bond donors (Lipinski definition) is 1. The van der Waals surface area contributed by atoms with Gasteiger partial charge in [0.1, 0.15) is 0 Å². The fraction of sp³-hybridized carbons (Fsp3) is 0.929. The number of fused-ring (bicyclic) bond motifs is 2. The van der Waals surface area contributed by atoms with Crippen LogP contribution in [0, 0.1) is 16.7 Å². The fourth-order valence-corrected chi connectivity index (χ4v) is 3.86. The molecule has 0 aliphatic heterocycles. The van der Waals surface area contributed by atoms with Crippen LogP contribution in [-0.2, 0) is 9.53 Å². The summed E-state index contributed by atoms with van der Waals surface area (Å²) in [7, 11) is 0.